The van der Waals surface area contributed by atoms with Crippen molar-refractivity contribution in [2.75, 3.05) is 13.2 Å². The zero-order chi connectivity index (χ0) is 16.6. The highest BCUT2D eigenvalue weighted by Gasteiger charge is 2.02. The van der Waals surface area contributed by atoms with Crippen LogP contribution >= 0.6 is 0 Å². The van der Waals surface area contributed by atoms with E-state index in [1.807, 2.05) is 0 Å². The van der Waals surface area contributed by atoms with Crippen LogP contribution in [0.5, 0.6) is 0 Å². The predicted octanol–water partition coefficient (Wildman–Crippen LogP) is 5.91. The summed E-state index contributed by atoms with van der Waals surface area (Å²) in [5, 5.41) is 0. The second-order valence-corrected chi connectivity index (χ2v) is 6.01. The number of carbonyl (C=O) groups is 1. The third-order valence-electron chi connectivity index (χ3n) is 3.89. The molecule has 0 fully saturated rings. The smallest absolute Gasteiger partial charge is 0.434 e. The van der Waals surface area contributed by atoms with Gasteiger partial charge in [-0.1, -0.05) is 75.8 Å². The number of hydrogen-bond donors (Lipinski definition) is 0. The highest BCUT2D eigenvalue weighted by Crippen LogP contribution is 2.09. The van der Waals surface area contributed by atoms with Gasteiger partial charge >= 0.3 is 6.16 Å². The Labute approximate surface area is 141 Å². The van der Waals surface area contributed by atoms with E-state index >= 15 is 0 Å². The third kappa shape index (κ3) is 11.7. The molecular formula is C20H32O3. The number of aryl methyl sites for hydroxylation is 1. The van der Waals surface area contributed by atoms with Crippen LogP contribution in [0.1, 0.15) is 70.3 Å². The average Bonchev–Trinajstić information content (AvgIpc) is 2.58. The van der Waals surface area contributed by atoms with Crippen LogP contribution in [0.3, 0.4) is 0 Å². The Kier molecular flexibility index (Phi) is 12.0. The maximum absolute atomic E-state index is 11.3. The van der Waals surface area contributed by atoms with Gasteiger partial charge in [-0.3, -0.25) is 0 Å². The van der Waals surface area contributed by atoms with Crippen LogP contribution in [0.4, 0.5) is 4.79 Å². The summed E-state index contributed by atoms with van der Waals surface area (Å²) in [5.74, 6) is 0. The lowest BCUT2D eigenvalue weighted by molar-refractivity contribution is 0.0529. The van der Waals surface area contributed by atoms with Crippen molar-refractivity contribution < 1.29 is 14.3 Å². The molecule has 0 saturated carbocycles. The number of hydrogen-bond acceptors (Lipinski definition) is 3. The molecular weight excluding hydrogens is 288 g/mol. The molecule has 0 aromatic heterocycles. The van der Waals surface area contributed by atoms with Crippen molar-refractivity contribution >= 4 is 6.16 Å². The summed E-state index contributed by atoms with van der Waals surface area (Å²) in [6.45, 7) is 3.13. The Balaban J connectivity index is 1.83. The van der Waals surface area contributed by atoms with Crippen LogP contribution in [-0.4, -0.2) is 19.4 Å². The molecule has 0 heterocycles. The first-order chi connectivity index (χ1) is 11.3. The quantitative estimate of drug-likeness (QED) is 0.334. The molecule has 0 N–H and O–H groups in total. The van der Waals surface area contributed by atoms with E-state index in [1.165, 1.54) is 37.7 Å². The van der Waals surface area contributed by atoms with Crippen molar-refractivity contribution in [3.05, 3.63) is 35.9 Å². The lowest BCUT2D eigenvalue weighted by atomic mass is 10.1. The Morgan fingerprint density at radius 2 is 1.35 bits per heavy atom. The van der Waals surface area contributed by atoms with Crippen LogP contribution in [0, 0.1) is 0 Å². The maximum Gasteiger partial charge on any atom is 0.508 e. The molecule has 0 amide bonds. The topological polar surface area (TPSA) is 35.5 Å². The Bertz CT molecular complexity index is 389. The molecule has 0 bridgehead atoms. The van der Waals surface area contributed by atoms with Gasteiger partial charge in [0.15, 0.2) is 0 Å². The molecule has 23 heavy (non-hydrogen) atoms. The summed E-state index contributed by atoms with van der Waals surface area (Å²) in [7, 11) is 0. The Morgan fingerprint density at radius 3 is 2.00 bits per heavy atom. The van der Waals surface area contributed by atoms with Crippen molar-refractivity contribution in [3.8, 4) is 0 Å². The molecule has 0 saturated heterocycles. The van der Waals surface area contributed by atoms with Crippen molar-refractivity contribution in [1.29, 1.82) is 0 Å². The van der Waals surface area contributed by atoms with Crippen molar-refractivity contribution in [2.45, 2.75) is 71.1 Å². The van der Waals surface area contributed by atoms with Crippen LogP contribution in [0.25, 0.3) is 0 Å². The van der Waals surface area contributed by atoms with Crippen LogP contribution in [0.2, 0.25) is 0 Å². The minimum absolute atomic E-state index is 0.479. The molecule has 3 heteroatoms. The van der Waals surface area contributed by atoms with Gasteiger partial charge in [0.1, 0.15) is 0 Å². The molecule has 0 unspecified atom stereocenters. The first-order valence-electron chi connectivity index (χ1n) is 9.16. The number of benzene rings is 1. The largest absolute Gasteiger partial charge is 0.508 e. The second kappa shape index (κ2) is 14.1. The molecule has 1 aromatic carbocycles. The van der Waals surface area contributed by atoms with Gasteiger partial charge in [0, 0.05) is 0 Å². The van der Waals surface area contributed by atoms with E-state index < -0.39 is 6.16 Å². The fourth-order valence-corrected chi connectivity index (χ4v) is 2.49. The summed E-state index contributed by atoms with van der Waals surface area (Å²) in [6, 6.07) is 10.6. The molecule has 0 atom stereocenters. The number of carbonyl (C=O) groups excluding carboxylic acids is 1. The SMILES string of the molecule is CCCCCCOC(=O)OCCCCCCCc1ccccc1. The molecule has 0 aliphatic carbocycles. The summed E-state index contributed by atoms with van der Waals surface area (Å²) < 4.78 is 10.1. The van der Waals surface area contributed by atoms with Gasteiger partial charge in [0.25, 0.3) is 0 Å². The van der Waals surface area contributed by atoms with Crippen LogP contribution < -0.4 is 0 Å². The summed E-state index contributed by atoms with van der Waals surface area (Å²) >= 11 is 0. The monoisotopic (exact) mass is 320 g/mol. The normalized spacial score (nSPS) is 10.5. The molecule has 0 aliphatic heterocycles. The zero-order valence-corrected chi connectivity index (χ0v) is 14.6. The van der Waals surface area contributed by atoms with E-state index in [0.29, 0.717) is 13.2 Å². The second-order valence-electron chi connectivity index (χ2n) is 6.01. The molecule has 130 valence electrons. The highest BCUT2D eigenvalue weighted by atomic mass is 16.7. The summed E-state index contributed by atoms with van der Waals surface area (Å²) in [4.78, 5) is 11.3. The Hall–Kier alpha value is -1.51. The maximum atomic E-state index is 11.3. The standard InChI is InChI=1S/C20H32O3/c1-2-3-4-12-17-22-20(21)23-18-13-7-5-6-9-14-19-15-10-8-11-16-19/h8,10-11,15-16H,2-7,9,12-14,17-18H2,1H3. The van der Waals surface area contributed by atoms with Gasteiger partial charge < -0.3 is 9.47 Å². The van der Waals surface area contributed by atoms with Gasteiger partial charge in [-0.2, -0.15) is 0 Å². The van der Waals surface area contributed by atoms with Gasteiger partial charge in [-0.05, 0) is 31.2 Å². The van der Waals surface area contributed by atoms with Crippen molar-refractivity contribution in [3.63, 3.8) is 0 Å². The summed E-state index contributed by atoms with van der Waals surface area (Å²) in [5.41, 5.74) is 1.41. The van der Waals surface area contributed by atoms with Crippen LogP contribution in [0.15, 0.2) is 30.3 Å². The third-order valence-corrected chi connectivity index (χ3v) is 3.89. The number of ether oxygens (including phenoxy) is 2. The van der Waals surface area contributed by atoms with E-state index in [-0.39, 0.29) is 0 Å². The Morgan fingerprint density at radius 1 is 0.783 bits per heavy atom. The van der Waals surface area contributed by atoms with Crippen LogP contribution in [-0.2, 0) is 15.9 Å². The van der Waals surface area contributed by atoms with Gasteiger partial charge in [-0.15, -0.1) is 0 Å². The first-order valence-corrected chi connectivity index (χ1v) is 9.16. The van der Waals surface area contributed by atoms with E-state index in [2.05, 4.69) is 37.3 Å². The fraction of sp³-hybridized carbons (Fsp3) is 0.650. The molecule has 0 aliphatic rings. The van der Waals surface area contributed by atoms with Crippen molar-refractivity contribution in [1.82, 2.24) is 0 Å². The van der Waals surface area contributed by atoms with E-state index in [0.717, 1.165) is 32.1 Å². The lowest BCUT2D eigenvalue weighted by Crippen LogP contribution is -2.09. The van der Waals surface area contributed by atoms with Crippen molar-refractivity contribution in [2.24, 2.45) is 0 Å². The number of unbranched alkanes of at least 4 members (excludes halogenated alkanes) is 7. The van der Waals surface area contributed by atoms with E-state index in [9.17, 15) is 4.79 Å². The van der Waals surface area contributed by atoms with E-state index in [1.54, 1.807) is 0 Å². The first kappa shape index (κ1) is 19.5. The molecule has 3 nitrogen and oxygen atoms in total. The summed E-state index contributed by atoms with van der Waals surface area (Å²) in [6.07, 6.45) is 10.8. The zero-order valence-electron chi connectivity index (χ0n) is 14.6. The highest BCUT2D eigenvalue weighted by molar-refractivity contribution is 5.59. The molecule has 0 radical (unpaired) electrons. The number of rotatable bonds is 13. The average molecular weight is 320 g/mol. The van der Waals surface area contributed by atoms with E-state index in [4.69, 9.17) is 9.47 Å². The van der Waals surface area contributed by atoms with Gasteiger partial charge in [0.2, 0.25) is 0 Å². The molecule has 1 rings (SSSR count). The minimum atomic E-state index is -0.509. The lowest BCUT2D eigenvalue weighted by Gasteiger charge is -2.06. The fourth-order valence-electron chi connectivity index (χ4n) is 2.49. The minimum Gasteiger partial charge on any atom is -0.434 e. The molecule has 0 spiro atoms. The predicted molar refractivity (Wildman–Crippen MR) is 94.7 cm³/mol. The van der Waals surface area contributed by atoms with Gasteiger partial charge in [-0.25, -0.2) is 4.79 Å². The van der Waals surface area contributed by atoms with Gasteiger partial charge in [0.05, 0.1) is 13.2 Å². The molecule has 1 aromatic rings.